The van der Waals surface area contributed by atoms with E-state index in [0.29, 0.717) is 23.5 Å². The van der Waals surface area contributed by atoms with Gasteiger partial charge in [-0.2, -0.15) is 0 Å². The minimum Gasteiger partial charge on any atom is -0.479 e. The number of aliphatic carboxylic acids is 1. The minimum atomic E-state index is -3.59. The van der Waals surface area contributed by atoms with Gasteiger partial charge in [0.05, 0.1) is 5.75 Å². The number of sulfonamides is 1. The van der Waals surface area contributed by atoms with Crippen molar-refractivity contribution in [3.63, 3.8) is 0 Å². The lowest BCUT2D eigenvalue weighted by Gasteiger charge is -2.18. The van der Waals surface area contributed by atoms with Gasteiger partial charge in [0.15, 0.2) is 17.9 Å². The molecule has 0 bridgehead atoms. The lowest BCUT2D eigenvalue weighted by Crippen LogP contribution is -2.31. The van der Waals surface area contributed by atoms with Crippen molar-refractivity contribution in [1.29, 1.82) is 0 Å². The van der Waals surface area contributed by atoms with Crippen molar-refractivity contribution in [3.05, 3.63) is 101 Å². The minimum absolute atomic E-state index is 0.0701. The van der Waals surface area contributed by atoms with Crippen molar-refractivity contribution < 1.29 is 27.5 Å². The highest BCUT2D eigenvalue weighted by molar-refractivity contribution is 7.89. The molecule has 0 fully saturated rings. The van der Waals surface area contributed by atoms with Crippen LogP contribution in [0.2, 0.25) is 0 Å². The molecular weight excluding hydrogens is 466 g/mol. The fourth-order valence-corrected chi connectivity index (χ4v) is 5.55. The number of carboxylic acid groups (broad SMARTS) is 1. The van der Waals surface area contributed by atoms with Crippen LogP contribution in [0.15, 0.2) is 83.3 Å². The van der Waals surface area contributed by atoms with E-state index in [1.165, 1.54) is 0 Å². The second-order valence-electron chi connectivity index (χ2n) is 8.25. The molecule has 0 atom stereocenters. The van der Waals surface area contributed by atoms with Crippen molar-refractivity contribution in [3.8, 4) is 5.75 Å². The number of carbonyl (C=O) groups is 1. The fourth-order valence-electron chi connectivity index (χ4n) is 4.19. The zero-order valence-corrected chi connectivity index (χ0v) is 20.1. The molecule has 182 valence electrons. The molecule has 2 N–H and O–H groups in total. The van der Waals surface area contributed by atoms with Gasteiger partial charge < -0.3 is 14.3 Å². The zero-order chi connectivity index (χ0) is 24.8. The quantitative estimate of drug-likeness (QED) is 0.319. The van der Waals surface area contributed by atoms with Crippen LogP contribution in [0.3, 0.4) is 0 Å². The van der Waals surface area contributed by atoms with Crippen LogP contribution < -0.4 is 9.46 Å². The summed E-state index contributed by atoms with van der Waals surface area (Å²) >= 11 is 0. The van der Waals surface area contributed by atoms with E-state index >= 15 is 0 Å². The molecule has 8 heteroatoms. The number of benzene rings is 3. The van der Waals surface area contributed by atoms with E-state index in [0.717, 1.165) is 22.1 Å². The topological polar surface area (TPSA) is 106 Å². The van der Waals surface area contributed by atoms with Gasteiger partial charge in [-0.1, -0.05) is 72.8 Å². The van der Waals surface area contributed by atoms with E-state index in [4.69, 9.17) is 14.3 Å². The molecule has 4 rings (SSSR count). The summed E-state index contributed by atoms with van der Waals surface area (Å²) in [5.41, 5.74) is 3.19. The molecule has 0 unspecified atom stereocenters. The van der Waals surface area contributed by atoms with Crippen LogP contribution in [-0.4, -0.2) is 38.4 Å². The lowest BCUT2D eigenvalue weighted by molar-refractivity contribution is -0.139. The molecule has 0 saturated heterocycles. The van der Waals surface area contributed by atoms with E-state index in [2.05, 4.69) is 4.72 Å². The normalized spacial score (nSPS) is 11.7. The third-order valence-electron chi connectivity index (χ3n) is 5.82. The second-order valence-corrected chi connectivity index (χ2v) is 10.1. The first-order valence-electron chi connectivity index (χ1n) is 11.3. The van der Waals surface area contributed by atoms with Crippen LogP contribution in [0.1, 0.15) is 28.4 Å². The number of fused-ring (bicyclic) bond motifs is 1. The van der Waals surface area contributed by atoms with Crippen molar-refractivity contribution in [2.45, 2.75) is 19.3 Å². The van der Waals surface area contributed by atoms with Crippen LogP contribution in [0.4, 0.5) is 0 Å². The van der Waals surface area contributed by atoms with Gasteiger partial charge >= 0.3 is 5.97 Å². The number of nitrogens with one attached hydrogen (secondary N) is 1. The molecule has 0 aliphatic heterocycles. The summed E-state index contributed by atoms with van der Waals surface area (Å²) in [4.78, 5) is 10.9. The number of aryl methyl sites for hydroxylation is 1. The molecule has 0 amide bonds. The highest BCUT2D eigenvalue weighted by Crippen LogP contribution is 2.33. The maximum absolute atomic E-state index is 13.1. The van der Waals surface area contributed by atoms with Crippen LogP contribution >= 0.6 is 0 Å². The van der Waals surface area contributed by atoms with Crippen LogP contribution in [0.25, 0.3) is 11.0 Å². The third kappa shape index (κ3) is 6.09. The first-order chi connectivity index (χ1) is 16.8. The average Bonchev–Trinajstić information content (AvgIpc) is 3.18. The van der Waals surface area contributed by atoms with Gasteiger partial charge in [0.2, 0.25) is 10.0 Å². The molecule has 3 aromatic carbocycles. The first kappa shape index (κ1) is 24.5. The Labute approximate surface area is 204 Å². The third-order valence-corrected chi connectivity index (χ3v) is 7.24. The number of ether oxygens (including phenoxy) is 1. The summed E-state index contributed by atoms with van der Waals surface area (Å²) < 4.78 is 40.0. The van der Waals surface area contributed by atoms with Gasteiger partial charge in [-0.15, -0.1) is 0 Å². The first-order valence-corrected chi connectivity index (χ1v) is 12.9. The van der Waals surface area contributed by atoms with Gasteiger partial charge in [-0.3, -0.25) is 0 Å². The highest BCUT2D eigenvalue weighted by Gasteiger charge is 2.23. The Morgan fingerprint density at radius 2 is 1.60 bits per heavy atom. The molecule has 0 aliphatic carbocycles. The maximum atomic E-state index is 13.1. The van der Waals surface area contributed by atoms with Crippen molar-refractivity contribution >= 4 is 27.0 Å². The molecule has 0 radical (unpaired) electrons. The Morgan fingerprint density at radius 1 is 0.971 bits per heavy atom. The predicted molar refractivity (Wildman–Crippen MR) is 134 cm³/mol. The summed E-state index contributed by atoms with van der Waals surface area (Å²) in [6.07, 6.45) is 0.418. The molecule has 0 spiro atoms. The number of para-hydroxylation sites is 1. The van der Waals surface area contributed by atoms with Gasteiger partial charge in [-0.05, 0) is 30.5 Å². The molecule has 0 aliphatic rings. The number of hydrogen-bond donors (Lipinski definition) is 2. The summed E-state index contributed by atoms with van der Waals surface area (Å²) in [5.74, 6) is -0.464. The largest absolute Gasteiger partial charge is 0.479 e. The van der Waals surface area contributed by atoms with Crippen molar-refractivity contribution in [1.82, 2.24) is 4.72 Å². The van der Waals surface area contributed by atoms with Crippen LogP contribution in [-0.2, 0) is 21.2 Å². The van der Waals surface area contributed by atoms with Crippen molar-refractivity contribution in [2.24, 2.45) is 0 Å². The zero-order valence-electron chi connectivity index (χ0n) is 19.3. The Bertz CT molecular complexity index is 1360. The number of carboxylic acids is 1. The van der Waals surface area contributed by atoms with Gasteiger partial charge in [0.1, 0.15) is 5.76 Å². The molecule has 1 aromatic heterocycles. The predicted octanol–water partition coefficient (Wildman–Crippen LogP) is 4.50. The van der Waals surface area contributed by atoms with Gasteiger partial charge in [-0.25, -0.2) is 17.9 Å². The number of furan rings is 1. The molecule has 7 nitrogen and oxygen atoms in total. The Hall–Kier alpha value is -3.62. The van der Waals surface area contributed by atoms with Crippen LogP contribution in [0, 0.1) is 6.92 Å². The average molecular weight is 494 g/mol. The summed E-state index contributed by atoms with van der Waals surface area (Å²) in [6.45, 7) is 1.53. The smallest absolute Gasteiger partial charge is 0.341 e. The summed E-state index contributed by atoms with van der Waals surface area (Å²) in [6, 6.07) is 24.5. The molecular formula is C27H27NO6S. The van der Waals surface area contributed by atoms with E-state index in [1.807, 2.05) is 66.7 Å². The molecule has 35 heavy (non-hydrogen) atoms. The second kappa shape index (κ2) is 10.8. The van der Waals surface area contributed by atoms with Crippen LogP contribution in [0.5, 0.6) is 5.75 Å². The standard InChI is InChI=1S/C27H27NO6S/c1-19-22(23-13-8-14-25(27(23)34-19)33-17-26(29)30)15-16-28-35(31,32)18-24(20-9-4-2-5-10-20)21-11-6-3-7-12-21/h2-14,24,28H,15-18H2,1H3,(H,29,30). The summed E-state index contributed by atoms with van der Waals surface area (Å²) in [7, 11) is -3.59. The Balaban J connectivity index is 1.48. The van der Waals surface area contributed by atoms with E-state index in [1.54, 1.807) is 19.1 Å². The number of hydrogen-bond acceptors (Lipinski definition) is 5. The SMILES string of the molecule is Cc1oc2c(OCC(=O)O)cccc2c1CCNS(=O)(=O)CC(c1ccccc1)c1ccccc1. The maximum Gasteiger partial charge on any atom is 0.341 e. The Morgan fingerprint density at radius 3 is 2.20 bits per heavy atom. The lowest BCUT2D eigenvalue weighted by atomic mass is 9.93. The van der Waals surface area contributed by atoms with Crippen molar-refractivity contribution in [2.75, 3.05) is 18.9 Å². The van der Waals surface area contributed by atoms with Gasteiger partial charge in [0.25, 0.3) is 0 Å². The monoisotopic (exact) mass is 493 g/mol. The van der Waals surface area contributed by atoms with Gasteiger partial charge in [0, 0.05) is 23.4 Å². The molecule has 1 heterocycles. The summed E-state index contributed by atoms with van der Waals surface area (Å²) in [5, 5.41) is 9.66. The molecule has 0 saturated carbocycles. The Kier molecular flexibility index (Phi) is 7.53. The fraction of sp³-hybridized carbons (Fsp3) is 0.222. The van der Waals surface area contributed by atoms with E-state index < -0.39 is 22.6 Å². The van der Waals surface area contributed by atoms with E-state index in [-0.39, 0.29) is 18.2 Å². The van der Waals surface area contributed by atoms with E-state index in [9.17, 15) is 13.2 Å². The number of rotatable bonds is 11. The highest BCUT2D eigenvalue weighted by atomic mass is 32.2. The molecule has 4 aromatic rings.